The van der Waals surface area contributed by atoms with Gasteiger partial charge >= 0.3 is 0 Å². The van der Waals surface area contributed by atoms with E-state index in [1.54, 1.807) is 0 Å². The van der Waals surface area contributed by atoms with Crippen LogP contribution in [0, 0.1) is 0 Å². The molecule has 0 aromatic heterocycles. The number of hydrogen-bond donors (Lipinski definition) is 1. The molecule has 0 amide bonds. The lowest BCUT2D eigenvalue weighted by molar-refractivity contribution is 0.262. The average molecular weight is 234 g/mol. The molecule has 3 nitrogen and oxygen atoms in total. The largest absolute Gasteiger partial charge is 0.350 e. The standard InChI is InChI=1S/C14H22N2O/c1-2-3-4-5-8-11-15-12-16(17)14-10-7-6-9-13(14)15/h6-7,9-10,17H,2-5,8,11-12H2,1H3. The predicted octanol–water partition coefficient (Wildman–Crippen LogP) is 3.63. The van der Waals surface area contributed by atoms with E-state index in [1.165, 1.54) is 37.2 Å². The van der Waals surface area contributed by atoms with Crippen LogP contribution in [-0.2, 0) is 0 Å². The van der Waals surface area contributed by atoms with Gasteiger partial charge < -0.3 is 4.90 Å². The van der Waals surface area contributed by atoms with Crippen molar-refractivity contribution >= 4 is 11.4 Å². The molecule has 3 heteroatoms. The van der Waals surface area contributed by atoms with Gasteiger partial charge in [0.15, 0.2) is 0 Å². The summed E-state index contributed by atoms with van der Waals surface area (Å²) in [5.74, 6) is 0. The molecule has 0 radical (unpaired) electrons. The number of para-hydroxylation sites is 2. The molecule has 0 fully saturated rings. The van der Waals surface area contributed by atoms with Crippen LogP contribution in [0.25, 0.3) is 0 Å². The molecule has 0 aliphatic carbocycles. The van der Waals surface area contributed by atoms with Gasteiger partial charge in [-0.15, -0.1) is 0 Å². The summed E-state index contributed by atoms with van der Waals surface area (Å²) in [4.78, 5) is 2.25. The smallest absolute Gasteiger partial charge is 0.116 e. The van der Waals surface area contributed by atoms with E-state index in [9.17, 15) is 5.21 Å². The zero-order valence-electron chi connectivity index (χ0n) is 10.6. The number of unbranched alkanes of at least 4 members (excludes halogenated alkanes) is 4. The van der Waals surface area contributed by atoms with Gasteiger partial charge in [-0.05, 0) is 18.6 Å². The van der Waals surface area contributed by atoms with Crippen LogP contribution in [0.1, 0.15) is 39.0 Å². The highest BCUT2D eigenvalue weighted by Crippen LogP contribution is 2.34. The van der Waals surface area contributed by atoms with E-state index in [2.05, 4.69) is 17.9 Å². The first-order valence-electron chi connectivity index (χ1n) is 6.63. The third kappa shape index (κ3) is 2.91. The summed E-state index contributed by atoms with van der Waals surface area (Å²) < 4.78 is 0. The first-order valence-corrected chi connectivity index (χ1v) is 6.63. The molecular formula is C14H22N2O. The second kappa shape index (κ2) is 5.92. The lowest BCUT2D eigenvalue weighted by atomic mass is 10.1. The fraction of sp³-hybridized carbons (Fsp3) is 0.571. The SMILES string of the molecule is CCCCCCCN1CN(O)c2ccccc21. The second-order valence-electron chi connectivity index (χ2n) is 4.71. The molecule has 0 atom stereocenters. The molecule has 2 rings (SSSR count). The Morgan fingerprint density at radius 2 is 1.76 bits per heavy atom. The first kappa shape index (κ1) is 12.2. The Morgan fingerprint density at radius 1 is 1.06 bits per heavy atom. The minimum absolute atomic E-state index is 0.604. The molecule has 94 valence electrons. The maximum absolute atomic E-state index is 9.78. The van der Waals surface area contributed by atoms with Crippen molar-refractivity contribution < 1.29 is 5.21 Å². The van der Waals surface area contributed by atoms with Crippen molar-refractivity contribution in [3.05, 3.63) is 24.3 Å². The monoisotopic (exact) mass is 234 g/mol. The van der Waals surface area contributed by atoms with Crippen LogP contribution in [0.3, 0.4) is 0 Å². The summed E-state index contributed by atoms with van der Waals surface area (Å²) in [5, 5.41) is 11.1. The molecule has 1 aliphatic rings. The molecule has 1 aliphatic heterocycles. The molecular weight excluding hydrogens is 212 g/mol. The summed E-state index contributed by atoms with van der Waals surface area (Å²) in [7, 11) is 0. The van der Waals surface area contributed by atoms with Gasteiger partial charge in [-0.2, -0.15) is 0 Å². The highest BCUT2D eigenvalue weighted by molar-refractivity contribution is 5.74. The van der Waals surface area contributed by atoms with E-state index in [0.29, 0.717) is 6.67 Å². The van der Waals surface area contributed by atoms with Crippen molar-refractivity contribution in [2.24, 2.45) is 0 Å². The van der Waals surface area contributed by atoms with Gasteiger partial charge in [0.25, 0.3) is 0 Å². The van der Waals surface area contributed by atoms with Crippen molar-refractivity contribution in [1.82, 2.24) is 0 Å². The summed E-state index contributed by atoms with van der Waals surface area (Å²) >= 11 is 0. The van der Waals surface area contributed by atoms with Gasteiger partial charge in [0, 0.05) is 6.54 Å². The van der Waals surface area contributed by atoms with Crippen LogP contribution < -0.4 is 9.96 Å². The van der Waals surface area contributed by atoms with E-state index >= 15 is 0 Å². The zero-order valence-corrected chi connectivity index (χ0v) is 10.6. The van der Waals surface area contributed by atoms with Crippen LogP contribution in [0.15, 0.2) is 24.3 Å². The summed E-state index contributed by atoms with van der Waals surface area (Å²) in [5.41, 5.74) is 2.09. The van der Waals surface area contributed by atoms with E-state index in [-0.39, 0.29) is 0 Å². The predicted molar refractivity (Wildman–Crippen MR) is 71.7 cm³/mol. The molecule has 0 unspecified atom stereocenters. The topological polar surface area (TPSA) is 26.7 Å². The fourth-order valence-corrected chi connectivity index (χ4v) is 2.36. The number of anilines is 2. The van der Waals surface area contributed by atoms with Crippen LogP contribution in [0.5, 0.6) is 0 Å². The van der Waals surface area contributed by atoms with Crippen molar-refractivity contribution in [3.63, 3.8) is 0 Å². The Morgan fingerprint density at radius 3 is 2.53 bits per heavy atom. The number of nitrogens with zero attached hydrogens (tertiary/aromatic N) is 2. The lowest BCUT2D eigenvalue weighted by Gasteiger charge is -2.18. The fourth-order valence-electron chi connectivity index (χ4n) is 2.36. The zero-order chi connectivity index (χ0) is 12.1. The minimum atomic E-state index is 0.604. The van der Waals surface area contributed by atoms with Crippen molar-refractivity contribution in [2.75, 3.05) is 23.2 Å². The van der Waals surface area contributed by atoms with Crippen LogP contribution in [0.2, 0.25) is 0 Å². The van der Waals surface area contributed by atoms with Crippen LogP contribution in [-0.4, -0.2) is 18.4 Å². The maximum atomic E-state index is 9.78. The highest BCUT2D eigenvalue weighted by Gasteiger charge is 2.23. The van der Waals surface area contributed by atoms with Crippen LogP contribution in [0.4, 0.5) is 11.4 Å². The lowest BCUT2D eigenvalue weighted by Crippen LogP contribution is -2.29. The highest BCUT2D eigenvalue weighted by atomic mass is 16.5. The molecule has 0 spiro atoms. The maximum Gasteiger partial charge on any atom is 0.116 e. The van der Waals surface area contributed by atoms with Gasteiger partial charge in [-0.3, -0.25) is 5.21 Å². The normalized spacial score (nSPS) is 14.2. The number of benzene rings is 1. The number of hydrogen-bond acceptors (Lipinski definition) is 3. The van der Waals surface area contributed by atoms with Crippen molar-refractivity contribution in [3.8, 4) is 0 Å². The second-order valence-corrected chi connectivity index (χ2v) is 4.71. The summed E-state index contributed by atoms with van der Waals surface area (Å²) in [6.45, 7) is 3.88. The van der Waals surface area contributed by atoms with Crippen molar-refractivity contribution in [1.29, 1.82) is 0 Å². The third-order valence-electron chi connectivity index (χ3n) is 3.34. The van der Waals surface area contributed by atoms with Gasteiger partial charge in [0.2, 0.25) is 0 Å². The Bertz CT molecular complexity index is 354. The molecule has 0 bridgehead atoms. The van der Waals surface area contributed by atoms with Gasteiger partial charge in [-0.1, -0.05) is 44.7 Å². The Hall–Kier alpha value is -1.22. The van der Waals surface area contributed by atoms with Gasteiger partial charge in [0.1, 0.15) is 6.67 Å². The Kier molecular flexibility index (Phi) is 4.26. The molecule has 1 N–H and O–H groups in total. The van der Waals surface area contributed by atoms with E-state index in [1.807, 2.05) is 18.2 Å². The van der Waals surface area contributed by atoms with Crippen molar-refractivity contribution in [2.45, 2.75) is 39.0 Å². The molecule has 0 saturated heterocycles. The Balaban J connectivity index is 1.83. The number of rotatable bonds is 6. The third-order valence-corrected chi connectivity index (χ3v) is 3.34. The summed E-state index contributed by atoms with van der Waals surface area (Å²) in [6.07, 6.45) is 6.45. The van der Waals surface area contributed by atoms with Gasteiger partial charge in [0.05, 0.1) is 11.4 Å². The molecule has 0 saturated carbocycles. The van der Waals surface area contributed by atoms with E-state index in [0.717, 1.165) is 17.9 Å². The minimum Gasteiger partial charge on any atom is -0.350 e. The quantitative estimate of drug-likeness (QED) is 0.761. The number of hydroxylamine groups is 1. The average Bonchev–Trinajstić information content (AvgIpc) is 2.67. The van der Waals surface area contributed by atoms with E-state index in [4.69, 9.17) is 0 Å². The summed E-state index contributed by atoms with van der Waals surface area (Å²) in [6, 6.07) is 8.04. The molecule has 17 heavy (non-hydrogen) atoms. The molecule has 1 aromatic rings. The van der Waals surface area contributed by atoms with E-state index < -0.39 is 0 Å². The Labute approximate surface area is 104 Å². The molecule has 1 aromatic carbocycles. The first-order chi connectivity index (χ1) is 8.33. The molecule has 1 heterocycles. The van der Waals surface area contributed by atoms with Gasteiger partial charge in [-0.25, -0.2) is 5.06 Å². The van der Waals surface area contributed by atoms with Crippen LogP contribution >= 0.6 is 0 Å². The number of fused-ring (bicyclic) bond motifs is 1.